The maximum Gasteiger partial charge on any atom is 0.131 e. The van der Waals surface area contributed by atoms with E-state index in [0.717, 1.165) is 26.2 Å². The first-order chi connectivity index (χ1) is 6.61. The van der Waals surface area contributed by atoms with Crippen LogP contribution in [0.3, 0.4) is 0 Å². The third kappa shape index (κ3) is 3.39. The van der Waals surface area contributed by atoms with Crippen LogP contribution < -0.4 is 0 Å². The van der Waals surface area contributed by atoms with Crippen LogP contribution in [-0.2, 0) is 9.53 Å². The Morgan fingerprint density at radius 1 is 1.64 bits per heavy atom. The van der Waals surface area contributed by atoms with E-state index >= 15 is 0 Å². The number of carbonyl (C=O) groups excluding carboxylic acids is 1. The highest BCUT2D eigenvalue weighted by molar-refractivity contribution is 5.76. The third-order valence-electron chi connectivity index (χ3n) is 2.78. The average Bonchev–Trinajstić information content (AvgIpc) is 2.28. The fourth-order valence-corrected chi connectivity index (χ4v) is 2.11. The van der Waals surface area contributed by atoms with Gasteiger partial charge in [-0.15, -0.1) is 0 Å². The minimum atomic E-state index is 0.273. The van der Waals surface area contributed by atoms with Crippen molar-refractivity contribution in [3.63, 3.8) is 0 Å². The molecule has 2 unspecified atom stereocenters. The zero-order valence-electron chi connectivity index (χ0n) is 9.45. The Kier molecular flexibility index (Phi) is 4.55. The molecule has 0 aliphatic carbocycles. The number of carbonyl (C=O) groups is 1. The Bertz CT molecular complexity index is 194. The van der Waals surface area contributed by atoms with Gasteiger partial charge >= 0.3 is 0 Å². The van der Waals surface area contributed by atoms with Crippen molar-refractivity contribution in [3.05, 3.63) is 0 Å². The first-order valence-electron chi connectivity index (χ1n) is 5.44. The number of ether oxygens (including phenoxy) is 1. The molecule has 0 spiro atoms. The van der Waals surface area contributed by atoms with Crippen LogP contribution in [0.5, 0.6) is 0 Å². The normalized spacial score (nSPS) is 26.9. The SMILES string of the molecule is CC(=O)CC(C)N1CCCOCC1C. The zero-order chi connectivity index (χ0) is 10.6. The highest BCUT2D eigenvalue weighted by Crippen LogP contribution is 2.13. The van der Waals surface area contributed by atoms with Gasteiger partial charge in [0.2, 0.25) is 0 Å². The summed E-state index contributed by atoms with van der Waals surface area (Å²) in [5.74, 6) is 0.273. The molecule has 1 saturated heterocycles. The topological polar surface area (TPSA) is 29.5 Å². The molecule has 1 aliphatic heterocycles. The van der Waals surface area contributed by atoms with Gasteiger partial charge in [0.1, 0.15) is 5.78 Å². The van der Waals surface area contributed by atoms with Gasteiger partial charge in [-0.25, -0.2) is 0 Å². The molecule has 3 heteroatoms. The van der Waals surface area contributed by atoms with Gasteiger partial charge < -0.3 is 4.74 Å². The number of hydrogen-bond acceptors (Lipinski definition) is 3. The smallest absolute Gasteiger partial charge is 0.131 e. The van der Waals surface area contributed by atoms with Gasteiger partial charge in [-0.2, -0.15) is 0 Å². The molecule has 0 amide bonds. The third-order valence-corrected chi connectivity index (χ3v) is 2.78. The van der Waals surface area contributed by atoms with E-state index in [-0.39, 0.29) is 5.78 Å². The highest BCUT2D eigenvalue weighted by atomic mass is 16.5. The van der Waals surface area contributed by atoms with Crippen molar-refractivity contribution in [2.45, 2.75) is 45.7 Å². The van der Waals surface area contributed by atoms with E-state index in [1.807, 2.05) is 0 Å². The Morgan fingerprint density at radius 2 is 2.36 bits per heavy atom. The lowest BCUT2D eigenvalue weighted by Gasteiger charge is -2.31. The van der Waals surface area contributed by atoms with Crippen LogP contribution in [0.4, 0.5) is 0 Å². The van der Waals surface area contributed by atoms with Crippen molar-refractivity contribution < 1.29 is 9.53 Å². The van der Waals surface area contributed by atoms with Crippen LogP contribution in [0, 0.1) is 0 Å². The number of ketones is 1. The summed E-state index contributed by atoms with van der Waals surface area (Å²) in [6.45, 7) is 8.66. The molecule has 14 heavy (non-hydrogen) atoms. The summed E-state index contributed by atoms with van der Waals surface area (Å²) in [6.07, 6.45) is 1.73. The molecule has 0 bridgehead atoms. The molecule has 0 aromatic carbocycles. The summed E-state index contributed by atoms with van der Waals surface area (Å²) in [4.78, 5) is 13.4. The Balaban J connectivity index is 2.49. The van der Waals surface area contributed by atoms with E-state index in [1.165, 1.54) is 0 Å². The Morgan fingerprint density at radius 3 is 3.00 bits per heavy atom. The summed E-state index contributed by atoms with van der Waals surface area (Å²) in [6, 6.07) is 0.788. The van der Waals surface area contributed by atoms with E-state index < -0.39 is 0 Å². The fraction of sp³-hybridized carbons (Fsp3) is 0.909. The summed E-state index contributed by atoms with van der Waals surface area (Å²) < 4.78 is 5.47. The molecule has 1 heterocycles. The van der Waals surface area contributed by atoms with Gasteiger partial charge in [0.05, 0.1) is 6.61 Å². The predicted octanol–water partition coefficient (Wildman–Crippen LogP) is 1.46. The average molecular weight is 199 g/mol. The summed E-state index contributed by atoms with van der Waals surface area (Å²) >= 11 is 0. The van der Waals surface area contributed by atoms with Gasteiger partial charge in [0.15, 0.2) is 0 Å². The number of Topliss-reactive ketones (excluding diaryl/α,β-unsaturated/α-hetero) is 1. The minimum absolute atomic E-state index is 0.273. The molecule has 0 radical (unpaired) electrons. The summed E-state index contributed by atoms with van der Waals surface area (Å²) in [7, 11) is 0. The molecule has 0 saturated carbocycles. The zero-order valence-corrected chi connectivity index (χ0v) is 9.45. The molecule has 1 fully saturated rings. The van der Waals surface area contributed by atoms with Crippen LogP contribution in [0.2, 0.25) is 0 Å². The van der Waals surface area contributed by atoms with Gasteiger partial charge in [-0.1, -0.05) is 0 Å². The molecule has 2 atom stereocenters. The van der Waals surface area contributed by atoms with E-state index in [0.29, 0.717) is 18.5 Å². The van der Waals surface area contributed by atoms with Crippen LogP contribution in [-0.4, -0.2) is 42.5 Å². The lowest BCUT2D eigenvalue weighted by molar-refractivity contribution is -0.118. The number of rotatable bonds is 3. The molecule has 0 aromatic rings. The maximum atomic E-state index is 11.0. The predicted molar refractivity (Wildman–Crippen MR) is 56.4 cm³/mol. The second kappa shape index (κ2) is 5.47. The van der Waals surface area contributed by atoms with Crippen molar-refractivity contribution in [1.82, 2.24) is 4.90 Å². The van der Waals surface area contributed by atoms with Gasteiger partial charge in [0, 0.05) is 31.7 Å². The van der Waals surface area contributed by atoms with Crippen LogP contribution in [0.1, 0.15) is 33.6 Å². The second-order valence-corrected chi connectivity index (χ2v) is 4.27. The Hall–Kier alpha value is -0.410. The highest BCUT2D eigenvalue weighted by Gasteiger charge is 2.22. The standard InChI is InChI=1S/C11H21NO2/c1-9(7-11(3)13)12-5-4-6-14-8-10(12)2/h9-10H,4-8H2,1-3H3. The maximum absolute atomic E-state index is 11.0. The summed E-state index contributed by atoms with van der Waals surface area (Å²) in [5.41, 5.74) is 0. The second-order valence-electron chi connectivity index (χ2n) is 4.27. The van der Waals surface area contributed by atoms with Gasteiger partial charge in [0.25, 0.3) is 0 Å². The van der Waals surface area contributed by atoms with Crippen molar-refractivity contribution in [1.29, 1.82) is 0 Å². The van der Waals surface area contributed by atoms with Gasteiger partial charge in [-0.3, -0.25) is 9.69 Å². The van der Waals surface area contributed by atoms with E-state index in [1.54, 1.807) is 6.92 Å². The fourth-order valence-electron chi connectivity index (χ4n) is 2.11. The number of hydrogen-bond donors (Lipinski definition) is 0. The largest absolute Gasteiger partial charge is 0.380 e. The van der Waals surface area contributed by atoms with Crippen molar-refractivity contribution in [3.8, 4) is 0 Å². The van der Waals surface area contributed by atoms with Crippen molar-refractivity contribution in [2.24, 2.45) is 0 Å². The van der Waals surface area contributed by atoms with Crippen molar-refractivity contribution >= 4 is 5.78 Å². The molecule has 82 valence electrons. The van der Waals surface area contributed by atoms with E-state index in [9.17, 15) is 4.79 Å². The van der Waals surface area contributed by atoms with E-state index in [2.05, 4.69) is 18.7 Å². The lowest BCUT2D eigenvalue weighted by atomic mass is 10.1. The monoisotopic (exact) mass is 199 g/mol. The van der Waals surface area contributed by atoms with Crippen LogP contribution >= 0.6 is 0 Å². The molecular formula is C11H21NO2. The van der Waals surface area contributed by atoms with Crippen LogP contribution in [0.25, 0.3) is 0 Å². The minimum Gasteiger partial charge on any atom is -0.380 e. The summed E-state index contributed by atoms with van der Waals surface area (Å²) in [5, 5.41) is 0. The molecular weight excluding hydrogens is 178 g/mol. The first kappa shape index (κ1) is 11.7. The van der Waals surface area contributed by atoms with E-state index in [4.69, 9.17) is 4.74 Å². The quantitative estimate of drug-likeness (QED) is 0.689. The molecule has 1 aliphatic rings. The molecule has 0 N–H and O–H groups in total. The molecule has 3 nitrogen and oxygen atoms in total. The first-order valence-corrected chi connectivity index (χ1v) is 5.44. The molecule has 0 aromatic heterocycles. The van der Waals surface area contributed by atoms with Gasteiger partial charge in [-0.05, 0) is 27.2 Å². The Labute approximate surface area is 86.4 Å². The van der Waals surface area contributed by atoms with Crippen molar-refractivity contribution in [2.75, 3.05) is 19.8 Å². The molecule has 1 rings (SSSR count). The lowest BCUT2D eigenvalue weighted by Crippen LogP contribution is -2.42. The number of nitrogens with zero attached hydrogens (tertiary/aromatic N) is 1. The van der Waals surface area contributed by atoms with Crippen LogP contribution in [0.15, 0.2) is 0 Å².